The lowest BCUT2D eigenvalue weighted by Gasteiger charge is -2.24. The Bertz CT molecular complexity index is 917. The first-order valence-corrected chi connectivity index (χ1v) is 8.97. The highest BCUT2D eigenvalue weighted by atomic mass is 35.5. The van der Waals surface area contributed by atoms with Gasteiger partial charge in [0.2, 0.25) is 0 Å². The summed E-state index contributed by atoms with van der Waals surface area (Å²) in [6.45, 7) is 10.6. The Morgan fingerprint density at radius 2 is 2.04 bits per heavy atom. The lowest BCUT2D eigenvalue weighted by molar-refractivity contribution is -0.106. The Labute approximate surface area is 165 Å². The van der Waals surface area contributed by atoms with E-state index in [4.69, 9.17) is 15.6 Å². The largest absolute Gasteiger partial charge is 0.383 e. The highest BCUT2D eigenvalue weighted by Gasteiger charge is 2.47. The van der Waals surface area contributed by atoms with Gasteiger partial charge in [-0.05, 0) is 46.7 Å². The van der Waals surface area contributed by atoms with E-state index in [-0.39, 0.29) is 18.2 Å². The van der Waals surface area contributed by atoms with Gasteiger partial charge in [0, 0.05) is 24.2 Å². The molecule has 0 spiro atoms. The number of halogens is 1. The molecule has 3 N–H and O–H groups in total. The first kappa shape index (κ1) is 19.6. The number of hydrogen-bond donors (Lipinski definition) is 2. The number of aromatic nitrogens is 3. The van der Waals surface area contributed by atoms with Gasteiger partial charge in [0.15, 0.2) is 0 Å². The molecule has 0 radical (unpaired) electrons. The molecule has 4 rings (SSSR count). The predicted molar refractivity (Wildman–Crippen MR) is 105 cm³/mol. The maximum absolute atomic E-state index is 9.78. The van der Waals surface area contributed by atoms with Crippen LogP contribution in [0.2, 0.25) is 0 Å². The number of pyridine rings is 1. The Kier molecular flexibility index (Phi) is 4.71. The van der Waals surface area contributed by atoms with Crippen LogP contribution >= 0.6 is 12.4 Å². The first-order chi connectivity index (χ1) is 12.2. The SMILES string of the molecule is CC1(C)OC(C)(C)c2c1nc(N)c(C#N)c2-c1cc2n(n1)CCCNC2.Cl. The highest BCUT2D eigenvalue weighted by Crippen LogP contribution is 2.51. The molecular weight excluding hydrogens is 364 g/mol. The molecule has 4 heterocycles. The Balaban J connectivity index is 0.00000210. The number of fused-ring (bicyclic) bond motifs is 2. The van der Waals surface area contributed by atoms with Crippen LogP contribution in [0.15, 0.2) is 6.07 Å². The van der Waals surface area contributed by atoms with Crippen LogP contribution in [0.5, 0.6) is 0 Å². The van der Waals surface area contributed by atoms with E-state index in [0.717, 1.165) is 54.3 Å². The summed E-state index contributed by atoms with van der Waals surface area (Å²) in [6.07, 6.45) is 1.03. The smallest absolute Gasteiger partial charge is 0.142 e. The van der Waals surface area contributed by atoms with Crippen molar-refractivity contribution in [3.63, 3.8) is 0 Å². The monoisotopic (exact) mass is 388 g/mol. The summed E-state index contributed by atoms with van der Waals surface area (Å²) in [4.78, 5) is 4.54. The van der Waals surface area contributed by atoms with Crippen LogP contribution in [0.25, 0.3) is 11.3 Å². The average Bonchev–Trinajstić information content (AvgIpc) is 2.92. The van der Waals surface area contributed by atoms with Crippen LogP contribution in [0.4, 0.5) is 5.82 Å². The molecule has 0 aromatic carbocycles. The number of anilines is 1. The van der Waals surface area contributed by atoms with E-state index in [1.807, 2.05) is 32.4 Å². The molecule has 0 saturated heterocycles. The van der Waals surface area contributed by atoms with Gasteiger partial charge < -0.3 is 15.8 Å². The van der Waals surface area contributed by atoms with E-state index in [1.54, 1.807) is 0 Å². The molecule has 0 saturated carbocycles. The zero-order chi connectivity index (χ0) is 18.7. The maximum Gasteiger partial charge on any atom is 0.142 e. The van der Waals surface area contributed by atoms with E-state index in [9.17, 15) is 5.26 Å². The summed E-state index contributed by atoms with van der Waals surface area (Å²) in [5.41, 5.74) is 9.71. The Morgan fingerprint density at radius 1 is 1.30 bits per heavy atom. The van der Waals surface area contributed by atoms with Crippen molar-refractivity contribution in [2.75, 3.05) is 12.3 Å². The van der Waals surface area contributed by atoms with Crippen molar-refractivity contribution in [3.05, 3.63) is 28.6 Å². The van der Waals surface area contributed by atoms with Gasteiger partial charge in [-0.1, -0.05) is 0 Å². The second kappa shape index (κ2) is 6.48. The normalized spacial score (nSPS) is 19.4. The number of nitrogens with zero attached hydrogens (tertiary/aromatic N) is 4. The lowest BCUT2D eigenvalue weighted by atomic mass is 9.87. The summed E-state index contributed by atoms with van der Waals surface area (Å²) >= 11 is 0. The van der Waals surface area contributed by atoms with Gasteiger partial charge in [-0.25, -0.2) is 4.98 Å². The molecule has 0 amide bonds. The van der Waals surface area contributed by atoms with Gasteiger partial charge >= 0.3 is 0 Å². The van der Waals surface area contributed by atoms with Crippen molar-refractivity contribution in [1.82, 2.24) is 20.1 Å². The summed E-state index contributed by atoms with van der Waals surface area (Å²) in [5, 5.41) is 18.0. The van der Waals surface area contributed by atoms with Crippen LogP contribution < -0.4 is 11.1 Å². The van der Waals surface area contributed by atoms with Crippen molar-refractivity contribution in [1.29, 1.82) is 5.26 Å². The van der Waals surface area contributed by atoms with Crippen molar-refractivity contribution in [3.8, 4) is 17.3 Å². The summed E-state index contributed by atoms with van der Waals surface area (Å²) in [6, 6.07) is 4.29. The van der Waals surface area contributed by atoms with Crippen molar-refractivity contribution < 1.29 is 4.74 Å². The third kappa shape index (κ3) is 2.98. The molecule has 8 heteroatoms. The maximum atomic E-state index is 9.78. The predicted octanol–water partition coefficient (Wildman–Crippen LogP) is 2.81. The molecule has 27 heavy (non-hydrogen) atoms. The quantitative estimate of drug-likeness (QED) is 0.778. The number of nitrogen functional groups attached to an aromatic ring is 1. The highest BCUT2D eigenvalue weighted by molar-refractivity contribution is 5.85. The molecular formula is C19H25ClN6O. The second-order valence-electron chi connectivity index (χ2n) is 7.98. The summed E-state index contributed by atoms with van der Waals surface area (Å²) in [7, 11) is 0. The molecule has 2 aromatic heterocycles. The number of aryl methyl sites for hydroxylation is 1. The summed E-state index contributed by atoms with van der Waals surface area (Å²) in [5.74, 6) is 0.233. The van der Waals surface area contributed by atoms with Gasteiger partial charge in [0.25, 0.3) is 0 Å². The van der Waals surface area contributed by atoms with E-state index in [2.05, 4.69) is 22.4 Å². The van der Waals surface area contributed by atoms with Crippen LogP contribution in [0.3, 0.4) is 0 Å². The minimum absolute atomic E-state index is 0. The number of rotatable bonds is 1. The van der Waals surface area contributed by atoms with E-state index < -0.39 is 11.2 Å². The molecule has 0 aliphatic carbocycles. The van der Waals surface area contributed by atoms with Gasteiger partial charge in [-0.3, -0.25) is 4.68 Å². The minimum Gasteiger partial charge on any atom is -0.383 e. The molecule has 0 bridgehead atoms. The fraction of sp³-hybridized carbons (Fsp3) is 0.526. The molecule has 0 atom stereocenters. The Hall–Kier alpha value is -2.14. The van der Waals surface area contributed by atoms with Crippen molar-refractivity contribution >= 4 is 18.2 Å². The number of nitrogens with two attached hydrogens (primary N) is 1. The average molecular weight is 389 g/mol. The second-order valence-corrected chi connectivity index (χ2v) is 7.98. The fourth-order valence-electron chi connectivity index (χ4n) is 4.22. The standard InChI is InChI=1S/C19H24N6O.ClH/c1-18(2)15-14(13-8-11-10-22-6-5-7-25(11)24-13)12(9-20)17(21)23-16(15)19(3,4)26-18;/h8,22H,5-7,10H2,1-4H3,(H2,21,23);1H. The molecule has 2 aliphatic rings. The van der Waals surface area contributed by atoms with Gasteiger partial charge in [0.05, 0.1) is 22.7 Å². The molecule has 0 fully saturated rings. The molecule has 0 unspecified atom stereocenters. The fourth-order valence-corrected chi connectivity index (χ4v) is 4.22. The van der Waals surface area contributed by atoms with Crippen LogP contribution in [0, 0.1) is 11.3 Å². The number of nitriles is 1. The molecule has 2 aliphatic heterocycles. The van der Waals surface area contributed by atoms with E-state index in [0.29, 0.717) is 5.56 Å². The third-order valence-electron chi connectivity index (χ3n) is 5.17. The first-order valence-electron chi connectivity index (χ1n) is 8.97. The van der Waals surface area contributed by atoms with Crippen molar-refractivity contribution in [2.24, 2.45) is 0 Å². The third-order valence-corrected chi connectivity index (χ3v) is 5.17. The zero-order valence-corrected chi connectivity index (χ0v) is 16.9. The molecule has 2 aromatic rings. The van der Waals surface area contributed by atoms with E-state index in [1.165, 1.54) is 0 Å². The van der Waals surface area contributed by atoms with Crippen molar-refractivity contribution in [2.45, 2.75) is 58.4 Å². The number of hydrogen-bond acceptors (Lipinski definition) is 6. The zero-order valence-electron chi connectivity index (χ0n) is 16.1. The molecule has 7 nitrogen and oxygen atoms in total. The van der Waals surface area contributed by atoms with E-state index >= 15 is 0 Å². The molecule has 144 valence electrons. The van der Waals surface area contributed by atoms with Gasteiger partial charge in [0.1, 0.15) is 23.1 Å². The minimum atomic E-state index is -0.584. The number of nitrogens with one attached hydrogen (secondary N) is 1. The van der Waals surface area contributed by atoms with Crippen LogP contribution in [-0.4, -0.2) is 21.3 Å². The topological polar surface area (TPSA) is 102 Å². The Morgan fingerprint density at radius 3 is 2.74 bits per heavy atom. The van der Waals surface area contributed by atoms with Crippen LogP contribution in [-0.2, 0) is 29.0 Å². The number of ether oxygens (including phenoxy) is 1. The van der Waals surface area contributed by atoms with Gasteiger partial charge in [-0.2, -0.15) is 10.4 Å². The lowest BCUT2D eigenvalue weighted by Crippen LogP contribution is -2.23. The van der Waals surface area contributed by atoms with Crippen LogP contribution in [0.1, 0.15) is 56.6 Å². The van der Waals surface area contributed by atoms with Gasteiger partial charge in [-0.15, -0.1) is 12.4 Å². The summed E-state index contributed by atoms with van der Waals surface area (Å²) < 4.78 is 8.29.